The molecule has 0 bridgehead atoms. The standard InChI is InChI=1S/C14H23NS/c1-2-4-7-13(6-3-1)12-15-10-9-14-8-5-11-16-14/h5,8,11,13,15H,1-4,6-7,9-10,12H2. The Bertz CT molecular complexity index is 260. The van der Waals surface area contributed by atoms with E-state index >= 15 is 0 Å². The van der Waals surface area contributed by atoms with Crippen molar-refractivity contribution >= 4 is 11.3 Å². The molecule has 1 aromatic rings. The first-order valence-corrected chi connectivity index (χ1v) is 7.56. The van der Waals surface area contributed by atoms with Gasteiger partial charge in [-0.1, -0.05) is 31.7 Å². The number of nitrogens with one attached hydrogen (secondary N) is 1. The summed E-state index contributed by atoms with van der Waals surface area (Å²) in [6.07, 6.45) is 9.94. The first-order chi connectivity index (χ1) is 7.95. The van der Waals surface area contributed by atoms with E-state index in [9.17, 15) is 0 Å². The van der Waals surface area contributed by atoms with Crippen molar-refractivity contribution in [3.8, 4) is 0 Å². The van der Waals surface area contributed by atoms with Gasteiger partial charge in [0.2, 0.25) is 0 Å². The summed E-state index contributed by atoms with van der Waals surface area (Å²) in [5, 5.41) is 5.80. The molecule has 0 radical (unpaired) electrons. The van der Waals surface area contributed by atoms with E-state index in [1.165, 1.54) is 56.4 Å². The molecule has 0 amide bonds. The molecule has 0 aliphatic heterocycles. The second-order valence-electron chi connectivity index (χ2n) is 4.89. The fourth-order valence-electron chi connectivity index (χ4n) is 2.54. The van der Waals surface area contributed by atoms with Gasteiger partial charge in [0.05, 0.1) is 0 Å². The molecular formula is C14H23NS. The molecule has 1 heterocycles. The van der Waals surface area contributed by atoms with Crippen LogP contribution in [0.1, 0.15) is 43.4 Å². The zero-order valence-corrected chi connectivity index (χ0v) is 10.9. The Hall–Kier alpha value is -0.340. The highest BCUT2D eigenvalue weighted by Crippen LogP contribution is 2.22. The minimum Gasteiger partial charge on any atom is -0.316 e. The molecule has 0 saturated heterocycles. The van der Waals surface area contributed by atoms with E-state index in [2.05, 4.69) is 22.8 Å². The third kappa shape index (κ3) is 4.26. The first kappa shape index (κ1) is 12.1. The van der Waals surface area contributed by atoms with Gasteiger partial charge >= 0.3 is 0 Å². The van der Waals surface area contributed by atoms with Gasteiger partial charge in [-0.25, -0.2) is 0 Å². The van der Waals surface area contributed by atoms with Crippen molar-refractivity contribution in [1.29, 1.82) is 0 Å². The molecule has 0 aromatic carbocycles. The highest BCUT2D eigenvalue weighted by molar-refractivity contribution is 7.09. The van der Waals surface area contributed by atoms with Crippen LogP contribution in [0.25, 0.3) is 0 Å². The van der Waals surface area contributed by atoms with Crippen LogP contribution in [0.3, 0.4) is 0 Å². The molecule has 1 aromatic heterocycles. The smallest absolute Gasteiger partial charge is 0.00578 e. The summed E-state index contributed by atoms with van der Waals surface area (Å²) in [6, 6.07) is 4.38. The summed E-state index contributed by atoms with van der Waals surface area (Å²) in [5.74, 6) is 0.950. The minimum atomic E-state index is 0.950. The first-order valence-electron chi connectivity index (χ1n) is 6.68. The Balaban J connectivity index is 1.56. The maximum absolute atomic E-state index is 3.63. The van der Waals surface area contributed by atoms with Crippen molar-refractivity contribution in [1.82, 2.24) is 5.32 Å². The van der Waals surface area contributed by atoms with Crippen molar-refractivity contribution in [3.63, 3.8) is 0 Å². The summed E-state index contributed by atoms with van der Waals surface area (Å²) >= 11 is 1.87. The summed E-state index contributed by atoms with van der Waals surface area (Å²) in [4.78, 5) is 1.51. The van der Waals surface area contributed by atoms with Crippen LogP contribution in [0.2, 0.25) is 0 Å². The molecule has 1 fully saturated rings. The molecule has 0 unspecified atom stereocenters. The predicted molar refractivity (Wildman–Crippen MR) is 72.1 cm³/mol. The average Bonchev–Trinajstić information content (AvgIpc) is 2.68. The van der Waals surface area contributed by atoms with Crippen LogP contribution < -0.4 is 5.32 Å². The van der Waals surface area contributed by atoms with Crippen LogP contribution in [-0.2, 0) is 6.42 Å². The van der Waals surface area contributed by atoms with Crippen LogP contribution in [0, 0.1) is 5.92 Å². The van der Waals surface area contributed by atoms with Crippen LogP contribution >= 0.6 is 11.3 Å². The zero-order valence-electron chi connectivity index (χ0n) is 10.1. The molecule has 90 valence electrons. The van der Waals surface area contributed by atoms with Gasteiger partial charge in [0, 0.05) is 4.88 Å². The fourth-order valence-corrected chi connectivity index (χ4v) is 3.25. The Morgan fingerprint density at radius 1 is 1.19 bits per heavy atom. The van der Waals surface area contributed by atoms with E-state index < -0.39 is 0 Å². The molecule has 1 N–H and O–H groups in total. The Morgan fingerprint density at radius 3 is 2.69 bits per heavy atom. The second kappa shape index (κ2) is 7.08. The van der Waals surface area contributed by atoms with Crippen LogP contribution in [0.15, 0.2) is 17.5 Å². The molecule has 1 aliphatic rings. The van der Waals surface area contributed by atoms with Gasteiger partial charge < -0.3 is 5.32 Å². The summed E-state index contributed by atoms with van der Waals surface area (Å²) < 4.78 is 0. The topological polar surface area (TPSA) is 12.0 Å². The fraction of sp³-hybridized carbons (Fsp3) is 0.714. The highest BCUT2D eigenvalue weighted by Gasteiger charge is 2.11. The molecule has 2 rings (SSSR count). The lowest BCUT2D eigenvalue weighted by Crippen LogP contribution is -2.24. The number of thiophene rings is 1. The van der Waals surface area contributed by atoms with E-state index in [1.807, 2.05) is 11.3 Å². The van der Waals surface area contributed by atoms with Crippen molar-refractivity contribution < 1.29 is 0 Å². The van der Waals surface area contributed by atoms with Gasteiger partial charge in [0.1, 0.15) is 0 Å². The van der Waals surface area contributed by atoms with E-state index in [-0.39, 0.29) is 0 Å². The van der Waals surface area contributed by atoms with Gasteiger partial charge in [-0.3, -0.25) is 0 Å². The lowest BCUT2D eigenvalue weighted by molar-refractivity contribution is 0.427. The molecular weight excluding hydrogens is 214 g/mol. The molecule has 1 nitrogen and oxygen atoms in total. The highest BCUT2D eigenvalue weighted by atomic mass is 32.1. The Morgan fingerprint density at radius 2 is 2.00 bits per heavy atom. The number of hydrogen-bond donors (Lipinski definition) is 1. The average molecular weight is 237 g/mol. The largest absolute Gasteiger partial charge is 0.316 e. The molecule has 2 heteroatoms. The normalized spacial score (nSPS) is 18.5. The Labute approximate surface area is 103 Å². The summed E-state index contributed by atoms with van der Waals surface area (Å²) in [7, 11) is 0. The number of hydrogen-bond acceptors (Lipinski definition) is 2. The third-order valence-corrected chi connectivity index (χ3v) is 4.47. The second-order valence-corrected chi connectivity index (χ2v) is 5.92. The monoisotopic (exact) mass is 237 g/mol. The quantitative estimate of drug-likeness (QED) is 0.606. The maximum atomic E-state index is 3.63. The van der Waals surface area contributed by atoms with Gasteiger partial charge in [0.25, 0.3) is 0 Å². The molecule has 16 heavy (non-hydrogen) atoms. The maximum Gasteiger partial charge on any atom is 0.00578 e. The summed E-state index contributed by atoms with van der Waals surface area (Å²) in [6.45, 7) is 2.39. The Kier molecular flexibility index (Phi) is 5.36. The molecule has 0 spiro atoms. The van der Waals surface area contributed by atoms with Crippen molar-refractivity contribution in [3.05, 3.63) is 22.4 Å². The van der Waals surface area contributed by atoms with Crippen LogP contribution in [0.4, 0.5) is 0 Å². The number of rotatable bonds is 5. The molecule has 1 aliphatic carbocycles. The van der Waals surface area contributed by atoms with Crippen LogP contribution in [-0.4, -0.2) is 13.1 Å². The van der Waals surface area contributed by atoms with Gasteiger partial charge in [-0.15, -0.1) is 11.3 Å². The minimum absolute atomic E-state index is 0.950. The van der Waals surface area contributed by atoms with Gasteiger partial charge in [-0.2, -0.15) is 0 Å². The van der Waals surface area contributed by atoms with E-state index in [0.717, 1.165) is 12.5 Å². The lowest BCUT2D eigenvalue weighted by atomic mass is 10.0. The zero-order chi connectivity index (χ0) is 11.1. The predicted octanol–water partition coefficient (Wildman–Crippen LogP) is 3.85. The SMILES string of the molecule is c1csc(CCNCC2CCCCCC2)c1. The van der Waals surface area contributed by atoms with Crippen LogP contribution in [0.5, 0.6) is 0 Å². The van der Waals surface area contributed by atoms with Gasteiger partial charge in [0.15, 0.2) is 0 Å². The van der Waals surface area contributed by atoms with E-state index in [0.29, 0.717) is 0 Å². The molecule has 0 atom stereocenters. The van der Waals surface area contributed by atoms with E-state index in [4.69, 9.17) is 0 Å². The van der Waals surface area contributed by atoms with Gasteiger partial charge in [-0.05, 0) is 49.7 Å². The van der Waals surface area contributed by atoms with E-state index in [1.54, 1.807) is 0 Å². The third-order valence-electron chi connectivity index (χ3n) is 3.54. The van der Waals surface area contributed by atoms with Crippen molar-refractivity contribution in [2.45, 2.75) is 44.9 Å². The van der Waals surface area contributed by atoms with Crippen molar-refractivity contribution in [2.75, 3.05) is 13.1 Å². The summed E-state index contributed by atoms with van der Waals surface area (Å²) in [5.41, 5.74) is 0. The lowest BCUT2D eigenvalue weighted by Gasteiger charge is -2.14. The van der Waals surface area contributed by atoms with Crippen molar-refractivity contribution in [2.24, 2.45) is 5.92 Å². The molecule has 1 saturated carbocycles.